The van der Waals surface area contributed by atoms with E-state index in [0.717, 1.165) is 5.56 Å². The number of ketones is 1. The lowest BCUT2D eigenvalue weighted by atomic mass is 9.81. The van der Waals surface area contributed by atoms with Crippen LogP contribution in [-0.4, -0.2) is 62.0 Å². The number of fused-ring (bicyclic) bond motifs is 2. The van der Waals surface area contributed by atoms with Crippen molar-refractivity contribution in [1.29, 1.82) is 0 Å². The first-order chi connectivity index (χ1) is 15.8. The predicted molar refractivity (Wildman–Crippen MR) is 122 cm³/mol. The maximum absolute atomic E-state index is 13.8. The summed E-state index contributed by atoms with van der Waals surface area (Å²) in [4.78, 5) is 43.1. The van der Waals surface area contributed by atoms with E-state index in [4.69, 9.17) is 9.47 Å². The van der Waals surface area contributed by atoms with Gasteiger partial charge in [-0.1, -0.05) is 18.2 Å². The molecule has 8 nitrogen and oxygen atoms in total. The number of Topliss-reactive ketones (excluding diaryl/α,β-unsaturated/α-hetero) is 1. The molecule has 1 spiro atoms. The van der Waals surface area contributed by atoms with Crippen molar-refractivity contribution in [2.24, 2.45) is 0 Å². The Labute approximate surface area is 192 Å². The molecular weight excluding hydrogens is 424 g/mol. The summed E-state index contributed by atoms with van der Waals surface area (Å²) in [5.74, 6) is -1.96. The SMILES string of the molecule is COCCCN1C(=O)C(=O)/C(=C(\O)c2ccc(OC)c(C)c2)C12C(=O)N(C)c1ccccc12. The maximum Gasteiger partial charge on any atom is 0.296 e. The molecule has 1 fully saturated rings. The minimum Gasteiger partial charge on any atom is -0.507 e. The number of nitrogens with zero attached hydrogens (tertiary/aromatic N) is 2. The van der Waals surface area contributed by atoms with E-state index in [1.54, 1.807) is 63.5 Å². The van der Waals surface area contributed by atoms with Crippen LogP contribution in [0.1, 0.15) is 23.1 Å². The first-order valence-corrected chi connectivity index (χ1v) is 10.6. The number of hydrogen-bond acceptors (Lipinski definition) is 6. The molecule has 2 aromatic rings. The van der Waals surface area contributed by atoms with Crippen molar-refractivity contribution >= 4 is 29.0 Å². The molecule has 0 aromatic heterocycles. The number of carbonyl (C=O) groups excluding carboxylic acids is 3. The highest BCUT2D eigenvalue weighted by Crippen LogP contribution is 2.53. The molecule has 2 aliphatic heterocycles. The molecule has 1 atom stereocenters. The van der Waals surface area contributed by atoms with Crippen molar-refractivity contribution in [1.82, 2.24) is 4.90 Å². The van der Waals surface area contributed by atoms with Crippen molar-refractivity contribution in [2.45, 2.75) is 18.9 Å². The fourth-order valence-electron chi connectivity index (χ4n) is 4.81. The molecule has 0 aliphatic carbocycles. The van der Waals surface area contributed by atoms with Crippen LogP contribution in [0, 0.1) is 6.92 Å². The molecule has 2 aromatic carbocycles. The van der Waals surface area contributed by atoms with Gasteiger partial charge in [-0.3, -0.25) is 14.4 Å². The van der Waals surface area contributed by atoms with Crippen LogP contribution in [0.15, 0.2) is 48.0 Å². The summed E-state index contributed by atoms with van der Waals surface area (Å²) >= 11 is 0. The number of likely N-dealkylation sites (N-methyl/N-ethyl adjacent to an activating group) is 1. The number of aliphatic hydroxyl groups excluding tert-OH is 1. The molecule has 2 amide bonds. The molecule has 2 heterocycles. The Hall–Kier alpha value is -3.65. The van der Waals surface area contributed by atoms with Gasteiger partial charge in [-0.05, 0) is 43.2 Å². The highest BCUT2D eigenvalue weighted by molar-refractivity contribution is 6.50. The number of ether oxygens (including phenoxy) is 2. The quantitative estimate of drug-likeness (QED) is 0.315. The standard InChI is InChI=1S/C25H26N2O6/c1-15-14-16(10-11-19(15)33-4)21(28)20-22(29)23(30)27(12-7-13-32-3)25(20)17-8-5-6-9-18(17)26(2)24(25)31/h5-6,8-11,14,28H,7,12-13H2,1-4H3/b21-20+. The summed E-state index contributed by atoms with van der Waals surface area (Å²) in [5, 5.41) is 11.4. The zero-order valence-electron chi connectivity index (χ0n) is 19.0. The van der Waals surface area contributed by atoms with Crippen LogP contribution >= 0.6 is 0 Å². The predicted octanol–water partition coefficient (Wildman–Crippen LogP) is 2.59. The topological polar surface area (TPSA) is 96.4 Å². The minimum absolute atomic E-state index is 0.116. The van der Waals surface area contributed by atoms with Gasteiger partial charge in [0.1, 0.15) is 11.5 Å². The second kappa shape index (κ2) is 8.37. The second-order valence-electron chi connectivity index (χ2n) is 8.13. The van der Waals surface area contributed by atoms with Crippen LogP contribution in [0.2, 0.25) is 0 Å². The van der Waals surface area contributed by atoms with Gasteiger partial charge in [0.25, 0.3) is 17.6 Å². The third kappa shape index (κ3) is 3.13. The van der Waals surface area contributed by atoms with E-state index in [-0.39, 0.29) is 12.1 Å². The third-order valence-corrected chi connectivity index (χ3v) is 6.34. The summed E-state index contributed by atoms with van der Waals surface area (Å²) in [6, 6.07) is 11.9. The van der Waals surface area contributed by atoms with Crippen LogP contribution in [0.3, 0.4) is 0 Å². The van der Waals surface area contributed by atoms with Gasteiger partial charge < -0.3 is 24.4 Å². The van der Waals surface area contributed by atoms with Gasteiger partial charge >= 0.3 is 0 Å². The van der Waals surface area contributed by atoms with Gasteiger partial charge in [0.15, 0.2) is 5.54 Å². The first-order valence-electron chi connectivity index (χ1n) is 10.6. The van der Waals surface area contributed by atoms with Crippen LogP contribution < -0.4 is 9.64 Å². The molecule has 0 bridgehead atoms. The van der Waals surface area contributed by atoms with Gasteiger partial charge in [-0.2, -0.15) is 0 Å². The highest BCUT2D eigenvalue weighted by Gasteiger charge is 2.66. The summed E-state index contributed by atoms with van der Waals surface area (Å²) in [5.41, 5.74) is 0.156. The molecule has 0 saturated carbocycles. The monoisotopic (exact) mass is 450 g/mol. The third-order valence-electron chi connectivity index (χ3n) is 6.34. The van der Waals surface area contributed by atoms with E-state index < -0.39 is 28.9 Å². The fraction of sp³-hybridized carbons (Fsp3) is 0.320. The van der Waals surface area contributed by atoms with E-state index in [1.165, 1.54) is 16.9 Å². The average molecular weight is 450 g/mol. The molecule has 172 valence electrons. The number of carbonyl (C=O) groups is 3. The van der Waals surface area contributed by atoms with Crippen LogP contribution in [0.5, 0.6) is 5.75 Å². The molecule has 0 radical (unpaired) electrons. The molecule has 8 heteroatoms. The normalized spacial score (nSPS) is 21.3. The summed E-state index contributed by atoms with van der Waals surface area (Å²) in [6.07, 6.45) is 0.423. The summed E-state index contributed by atoms with van der Waals surface area (Å²) in [6.45, 7) is 2.27. The number of hydrogen-bond donors (Lipinski definition) is 1. The van der Waals surface area contributed by atoms with Gasteiger partial charge in [0, 0.05) is 44.1 Å². The van der Waals surface area contributed by atoms with Gasteiger partial charge in [-0.25, -0.2) is 0 Å². The Morgan fingerprint density at radius 3 is 2.48 bits per heavy atom. The van der Waals surface area contributed by atoms with E-state index in [0.29, 0.717) is 35.6 Å². The van der Waals surface area contributed by atoms with Crippen molar-refractivity contribution in [3.05, 3.63) is 64.7 Å². The molecule has 1 unspecified atom stereocenters. The smallest absolute Gasteiger partial charge is 0.296 e. The number of benzene rings is 2. The van der Waals surface area contributed by atoms with E-state index in [9.17, 15) is 19.5 Å². The molecule has 33 heavy (non-hydrogen) atoms. The Bertz CT molecular complexity index is 1190. The number of amides is 2. The van der Waals surface area contributed by atoms with Crippen LogP contribution in [0.25, 0.3) is 5.76 Å². The Balaban J connectivity index is 2.01. The van der Waals surface area contributed by atoms with Crippen molar-refractivity contribution in [3.63, 3.8) is 0 Å². The molecule has 2 aliphatic rings. The van der Waals surface area contributed by atoms with E-state index in [2.05, 4.69) is 0 Å². The van der Waals surface area contributed by atoms with Gasteiger partial charge in [0.05, 0.1) is 12.7 Å². The largest absolute Gasteiger partial charge is 0.507 e. The lowest BCUT2D eigenvalue weighted by Crippen LogP contribution is -2.51. The van der Waals surface area contributed by atoms with Crippen molar-refractivity contribution < 1.29 is 29.0 Å². The maximum atomic E-state index is 13.8. The number of aliphatic hydroxyl groups is 1. The van der Waals surface area contributed by atoms with Crippen molar-refractivity contribution in [2.75, 3.05) is 39.3 Å². The number of likely N-dealkylation sites (tertiary alicyclic amines) is 1. The summed E-state index contributed by atoms with van der Waals surface area (Å²) < 4.78 is 10.4. The zero-order valence-corrected chi connectivity index (χ0v) is 19.0. The zero-order chi connectivity index (χ0) is 23.9. The second-order valence-corrected chi connectivity index (χ2v) is 8.13. The average Bonchev–Trinajstić information content (AvgIpc) is 3.17. The molecule has 1 N–H and O–H groups in total. The summed E-state index contributed by atoms with van der Waals surface area (Å²) in [7, 11) is 4.68. The lowest BCUT2D eigenvalue weighted by Gasteiger charge is -2.34. The lowest BCUT2D eigenvalue weighted by molar-refractivity contribution is -0.143. The Morgan fingerprint density at radius 1 is 1.09 bits per heavy atom. The number of anilines is 1. The minimum atomic E-state index is -1.74. The molecular formula is C25H26N2O6. The van der Waals surface area contributed by atoms with E-state index in [1.807, 2.05) is 0 Å². The fourth-order valence-corrected chi connectivity index (χ4v) is 4.81. The van der Waals surface area contributed by atoms with E-state index >= 15 is 0 Å². The van der Waals surface area contributed by atoms with Crippen LogP contribution in [-0.2, 0) is 24.7 Å². The number of rotatable bonds is 6. The molecule has 1 saturated heterocycles. The first kappa shape index (κ1) is 22.5. The van der Waals surface area contributed by atoms with Gasteiger partial charge in [0.2, 0.25) is 0 Å². The Kier molecular flexibility index (Phi) is 5.71. The van der Waals surface area contributed by atoms with Gasteiger partial charge in [-0.15, -0.1) is 0 Å². The molecule has 4 rings (SSSR count). The number of methoxy groups -OCH3 is 2. The highest BCUT2D eigenvalue weighted by atomic mass is 16.5. The van der Waals surface area contributed by atoms with Crippen LogP contribution in [0.4, 0.5) is 5.69 Å². The van der Waals surface area contributed by atoms with Crippen molar-refractivity contribution in [3.8, 4) is 5.75 Å². The Morgan fingerprint density at radius 2 is 1.82 bits per heavy atom. The number of para-hydroxylation sites is 1. The number of aryl methyl sites for hydroxylation is 1.